The molecule has 0 radical (unpaired) electrons. The van der Waals surface area contributed by atoms with Gasteiger partial charge in [-0.25, -0.2) is 4.98 Å². The summed E-state index contributed by atoms with van der Waals surface area (Å²) in [5, 5.41) is 3.37. The SMILES string of the molecule is CCCCCCc1csc(C2(N)CCC2)n1. The van der Waals surface area contributed by atoms with E-state index in [1.165, 1.54) is 42.8 Å². The van der Waals surface area contributed by atoms with Crippen LogP contribution < -0.4 is 5.73 Å². The first-order valence-corrected chi connectivity index (χ1v) is 7.36. The van der Waals surface area contributed by atoms with Crippen LogP contribution in [0.4, 0.5) is 0 Å². The van der Waals surface area contributed by atoms with Crippen molar-refractivity contribution in [3.8, 4) is 0 Å². The molecule has 16 heavy (non-hydrogen) atoms. The van der Waals surface area contributed by atoms with Crippen molar-refractivity contribution in [1.29, 1.82) is 0 Å². The van der Waals surface area contributed by atoms with Crippen LogP contribution in [0, 0.1) is 0 Å². The first-order chi connectivity index (χ1) is 7.74. The number of hydrogen-bond donors (Lipinski definition) is 1. The van der Waals surface area contributed by atoms with Gasteiger partial charge in [-0.2, -0.15) is 0 Å². The van der Waals surface area contributed by atoms with Crippen LogP contribution in [0.5, 0.6) is 0 Å². The van der Waals surface area contributed by atoms with Crippen molar-refractivity contribution in [2.75, 3.05) is 0 Å². The lowest BCUT2D eigenvalue weighted by Crippen LogP contribution is -2.43. The molecule has 1 aliphatic rings. The third-order valence-electron chi connectivity index (χ3n) is 3.51. The quantitative estimate of drug-likeness (QED) is 0.769. The summed E-state index contributed by atoms with van der Waals surface area (Å²) in [5.41, 5.74) is 7.46. The molecule has 0 aliphatic heterocycles. The van der Waals surface area contributed by atoms with Crippen LogP contribution in [0.25, 0.3) is 0 Å². The number of aromatic nitrogens is 1. The molecular formula is C13H22N2S. The number of nitrogens with zero attached hydrogens (tertiary/aromatic N) is 1. The molecule has 1 fully saturated rings. The molecule has 1 aromatic rings. The molecule has 2 rings (SSSR count). The van der Waals surface area contributed by atoms with Crippen LogP contribution in [0.2, 0.25) is 0 Å². The number of nitrogens with two attached hydrogens (primary N) is 1. The van der Waals surface area contributed by atoms with Gasteiger partial charge in [-0.15, -0.1) is 11.3 Å². The Balaban J connectivity index is 1.83. The number of hydrogen-bond acceptors (Lipinski definition) is 3. The molecule has 0 spiro atoms. The Morgan fingerprint density at radius 3 is 2.81 bits per heavy atom. The summed E-state index contributed by atoms with van der Waals surface area (Å²) >= 11 is 1.76. The maximum absolute atomic E-state index is 6.26. The first-order valence-electron chi connectivity index (χ1n) is 6.48. The number of thiazole rings is 1. The maximum Gasteiger partial charge on any atom is 0.113 e. The molecule has 2 N–H and O–H groups in total. The van der Waals surface area contributed by atoms with Crippen molar-refractivity contribution in [2.45, 2.75) is 63.8 Å². The fraction of sp³-hybridized carbons (Fsp3) is 0.769. The van der Waals surface area contributed by atoms with E-state index in [2.05, 4.69) is 12.3 Å². The summed E-state index contributed by atoms with van der Waals surface area (Å²) in [6, 6.07) is 0. The Labute approximate surface area is 102 Å². The molecule has 3 heteroatoms. The fourth-order valence-electron chi connectivity index (χ4n) is 2.15. The second-order valence-corrected chi connectivity index (χ2v) is 5.82. The molecule has 0 atom stereocenters. The molecule has 1 saturated carbocycles. The second kappa shape index (κ2) is 5.28. The van der Waals surface area contributed by atoms with Crippen molar-refractivity contribution >= 4 is 11.3 Å². The van der Waals surface area contributed by atoms with Gasteiger partial charge in [-0.1, -0.05) is 26.2 Å². The Morgan fingerprint density at radius 2 is 2.19 bits per heavy atom. The summed E-state index contributed by atoms with van der Waals surface area (Å²) in [7, 11) is 0. The van der Waals surface area contributed by atoms with Gasteiger partial charge >= 0.3 is 0 Å². The average molecular weight is 238 g/mol. The minimum atomic E-state index is -0.0632. The molecule has 2 nitrogen and oxygen atoms in total. The summed E-state index contributed by atoms with van der Waals surface area (Å²) in [6.07, 6.45) is 9.89. The van der Waals surface area contributed by atoms with Gasteiger partial charge in [0.15, 0.2) is 0 Å². The van der Waals surface area contributed by atoms with Crippen molar-refractivity contribution in [3.05, 3.63) is 16.1 Å². The lowest BCUT2D eigenvalue weighted by atomic mass is 9.78. The lowest BCUT2D eigenvalue weighted by molar-refractivity contribution is 0.252. The maximum atomic E-state index is 6.26. The van der Waals surface area contributed by atoms with Crippen LogP contribution >= 0.6 is 11.3 Å². The first kappa shape index (κ1) is 12.1. The molecular weight excluding hydrogens is 216 g/mol. The van der Waals surface area contributed by atoms with E-state index >= 15 is 0 Å². The number of unbranched alkanes of at least 4 members (excludes halogenated alkanes) is 3. The number of rotatable bonds is 6. The van der Waals surface area contributed by atoms with Gasteiger partial charge in [0.1, 0.15) is 5.01 Å². The monoisotopic (exact) mass is 238 g/mol. The van der Waals surface area contributed by atoms with Gasteiger partial charge in [0, 0.05) is 5.38 Å². The largest absolute Gasteiger partial charge is 0.319 e. The van der Waals surface area contributed by atoms with E-state index < -0.39 is 0 Å². The Hall–Kier alpha value is -0.410. The summed E-state index contributed by atoms with van der Waals surface area (Å²) in [4.78, 5) is 4.70. The van der Waals surface area contributed by atoms with E-state index in [9.17, 15) is 0 Å². The molecule has 1 heterocycles. The molecule has 1 aliphatic carbocycles. The zero-order valence-corrected chi connectivity index (χ0v) is 11.0. The topological polar surface area (TPSA) is 38.9 Å². The zero-order chi connectivity index (χ0) is 11.4. The third kappa shape index (κ3) is 2.64. The fourth-order valence-corrected chi connectivity index (χ4v) is 3.18. The molecule has 0 aromatic carbocycles. The summed E-state index contributed by atoms with van der Waals surface area (Å²) in [5.74, 6) is 0. The van der Waals surface area contributed by atoms with Gasteiger partial charge in [0.2, 0.25) is 0 Å². The van der Waals surface area contributed by atoms with E-state index in [0.29, 0.717) is 0 Å². The lowest BCUT2D eigenvalue weighted by Gasteiger charge is -2.35. The predicted octanol–water partition coefficient (Wildman–Crippen LogP) is 3.60. The van der Waals surface area contributed by atoms with Gasteiger partial charge in [0.05, 0.1) is 11.2 Å². The van der Waals surface area contributed by atoms with E-state index in [0.717, 1.165) is 19.3 Å². The third-order valence-corrected chi connectivity index (χ3v) is 4.62. The standard InChI is InChI=1S/C13H22N2S/c1-2-3-4-5-7-11-10-16-12(15-11)13(14)8-6-9-13/h10H,2-9,14H2,1H3. The van der Waals surface area contributed by atoms with E-state index in [1.807, 2.05) is 0 Å². The van der Waals surface area contributed by atoms with Crippen molar-refractivity contribution in [1.82, 2.24) is 4.98 Å². The van der Waals surface area contributed by atoms with E-state index in [-0.39, 0.29) is 5.54 Å². The van der Waals surface area contributed by atoms with E-state index in [4.69, 9.17) is 10.7 Å². The average Bonchev–Trinajstić information content (AvgIpc) is 2.70. The molecule has 0 amide bonds. The Bertz CT molecular complexity index is 328. The summed E-state index contributed by atoms with van der Waals surface area (Å²) in [6.45, 7) is 2.25. The molecule has 0 bridgehead atoms. The van der Waals surface area contributed by atoms with Crippen molar-refractivity contribution < 1.29 is 0 Å². The van der Waals surface area contributed by atoms with Crippen molar-refractivity contribution in [3.63, 3.8) is 0 Å². The predicted molar refractivity (Wildman–Crippen MR) is 69.7 cm³/mol. The highest BCUT2D eigenvalue weighted by molar-refractivity contribution is 7.09. The van der Waals surface area contributed by atoms with Gasteiger partial charge < -0.3 is 5.73 Å². The molecule has 0 unspecified atom stereocenters. The van der Waals surface area contributed by atoms with Crippen LogP contribution in [-0.4, -0.2) is 4.98 Å². The van der Waals surface area contributed by atoms with Crippen molar-refractivity contribution in [2.24, 2.45) is 5.73 Å². The zero-order valence-electron chi connectivity index (χ0n) is 10.2. The highest BCUT2D eigenvalue weighted by Crippen LogP contribution is 2.39. The highest BCUT2D eigenvalue weighted by atomic mass is 32.1. The highest BCUT2D eigenvalue weighted by Gasteiger charge is 2.36. The second-order valence-electron chi connectivity index (χ2n) is 4.96. The van der Waals surface area contributed by atoms with Gasteiger partial charge in [-0.3, -0.25) is 0 Å². The number of aryl methyl sites for hydroxylation is 1. The Kier molecular flexibility index (Phi) is 3.98. The molecule has 90 valence electrons. The molecule has 1 aromatic heterocycles. The van der Waals surface area contributed by atoms with Crippen LogP contribution in [-0.2, 0) is 12.0 Å². The van der Waals surface area contributed by atoms with Crippen LogP contribution in [0.1, 0.15) is 62.6 Å². The Morgan fingerprint density at radius 1 is 1.38 bits per heavy atom. The van der Waals surface area contributed by atoms with Gasteiger partial charge in [-0.05, 0) is 32.1 Å². The van der Waals surface area contributed by atoms with Gasteiger partial charge in [0.25, 0.3) is 0 Å². The van der Waals surface area contributed by atoms with Crippen LogP contribution in [0.15, 0.2) is 5.38 Å². The minimum absolute atomic E-state index is 0.0632. The minimum Gasteiger partial charge on any atom is -0.319 e. The summed E-state index contributed by atoms with van der Waals surface area (Å²) < 4.78 is 0. The molecule has 0 saturated heterocycles. The normalized spacial score (nSPS) is 18.4. The van der Waals surface area contributed by atoms with E-state index in [1.54, 1.807) is 11.3 Å². The smallest absolute Gasteiger partial charge is 0.113 e. The van der Waals surface area contributed by atoms with Crippen LogP contribution in [0.3, 0.4) is 0 Å².